The molecule has 14 N–H and O–H groups in total. The van der Waals surface area contributed by atoms with Gasteiger partial charge in [0.2, 0.25) is 11.8 Å². The second kappa shape index (κ2) is 35.8. The van der Waals surface area contributed by atoms with E-state index in [0.29, 0.717) is 21.5 Å². The van der Waals surface area contributed by atoms with Crippen LogP contribution in [0.25, 0.3) is 21.5 Å². The van der Waals surface area contributed by atoms with Gasteiger partial charge in [-0.15, -0.1) is 0 Å². The van der Waals surface area contributed by atoms with Gasteiger partial charge in [0.1, 0.15) is 11.5 Å². The number of aliphatic carboxylic acids is 6. The molecule has 0 spiro atoms. The van der Waals surface area contributed by atoms with Crippen LogP contribution in [0.3, 0.4) is 0 Å². The number of carbonyl (C=O) groups is 12. The predicted molar refractivity (Wildman–Crippen MR) is 329 cm³/mol. The summed E-state index contributed by atoms with van der Waals surface area (Å²) >= 11 is 0. The Balaban J connectivity index is 1.08. The quantitative estimate of drug-likeness (QED) is 0.0295. The minimum atomic E-state index is -1.13. The molecule has 34 nitrogen and oxygen atoms in total. The first-order valence-corrected chi connectivity index (χ1v) is 29.6. The van der Waals surface area contributed by atoms with Crippen LogP contribution in [0.4, 0.5) is 0 Å². The van der Waals surface area contributed by atoms with Crippen molar-refractivity contribution in [2.75, 3.05) is 170 Å². The van der Waals surface area contributed by atoms with Gasteiger partial charge in [0.25, 0.3) is 23.6 Å². The van der Waals surface area contributed by atoms with E-state index in [4.69, 9.17) is 0 Å². The summed E-state index contributed by atoms with van der Waals surface area (Å²) in [5, 5.41) is 87.5. The molecule has 0 aromatic heterocycles. The Hall–Kier alpha value is -9.68. The van der Waals surface area contributed by atoms with Gasteiger partial charge < -0.3 is 51.5 Å². The van der Waals surface area contributed by atoms with Crippen LogP contribution >= 0.6 is 0 Å². The number of phenolic OH excluding ortho intramolecular Hbond substituents is 2. The summed E-state index contributed by atoms with van der Waals surface area (Å²) in [6.45, 7) is -1.65. The number of carbonyl (C=O) groups excluding carboxylic acids is 6. The molecule has 2 fully saturated rings. The Bertz CT molecular complexity index is 3110. The molecule has 6 amide bonds. The number of amides is 6. The zero-order valence-electron chi connectivity index (χ0n) is 50.9. The van der Waals surface area contributed by atoms with Crippen molar-refractivity contribution >= 4 is 92.8 Å². The second-order valence-electron chi connectivity index (χ2n) is 22.3. The van der Waals surface area contributed by atoms with E-state index in [2.05, 4.69) is 32.3 Å². The minimum absolute atomic E-state index is 0.116. The molecule has 2 saturated heterocycles. The summed E-state index contributed by atoms with van der Waals surface area (Å²) < 4.78 is 0. The number of carboxylic acid groups (broad SMARTS) is 6. The number of rotatable bonds is 24. The first-order valence-electron chi connectivity index (χ1n) is 29.6. The third kappa shape index (κ3) is 24.1. The van der Waals surface area contributed by atoms with Crippen molar-refractivity contribution in [2.24, 2.45) is 0 Å². The number of carboxylic acids is 6. The van der Waals surface area contributed by atoms with Crippen molar-refractivity contribution in [1.82, 2.24) is 71.5 Å². The lowest BCUT2D eigenvalue weighted by Crippen LogP contribution is -2.51. The van der Waals surface area contributed by atoms with Crippen molar-refractivity contribution < 1.29 is 98.4 Å². The lowest BCUT2D eigenvalue weighted by Gasteiger charge is -2.32. The van der Waals surface area contributed by atoms with Crippen molar-refractivity contribution in [3.05, 3.63) is 82.9 Å². The molecular formula is C59H78N14O20. The molecular weight excluding hydrogens is 1220 g/mol. The normalized spacial score (nSPS) is 16.3. The van der Waals surface area contributed by atoms with E-state index in [-0.39, 0.29) is 186 Å². The van der Waals surface area contributed by atoms with E-state index >= 15 is 0 Å². The number of hydrogen-bond donors (Lipinski definition) is 14. The lowest BCUT2D eigenvalue weighted by molar-refractivity contribution is -0.140. The van der Waals surface area contributed by atoms with Crippen LogP contribution in [0.5, 0.6) is 11.5 Å². The molecule has 93 heavy (non-hydrogen) atoms. The van der Waals surface area contributed by atoms with Gasteiger partial charge in [-0.3, -0.25) is 118 Å². The van der Waals surface area contributed by atoms with Crippen molar-refractivity contribution in [3.8, 4) is 11.5 Å². The Labute approximate surface area is 532 Å². The van der Waals surface area contributed by atoms with E-state index in [0.717, 1.165) is 0 Å². The Morgan fingerprint density at radius 2 is 0.559 bits per heavy atom. The molecule has 0 radical (unpaired) electrons. The van der Waals surface area contributed by atoms with E-state index in [9.17, 15) is 98.4 Å². The number of nitrogens with one attached hydrogen (secondary N) is 6. The average Bonchev–Trinajstić information content (AvgIpc) is 0.864. The Kier molecular flexibility index (Phi) is 27.9. The Morgan fingerprint density at radius 3 is 0.806 bits per heavy atom. The number of aromatic hydroxyl groups is 2. The Morgan fingerprint density at radius 1 is 0.323 bits per heavy atom. The SMILES string of the molecule is O=C(O)CN1CCN(CC(=O)O)CCN(CC(=O)NCC(=O)NNC(=O)c2cc3ccccc3c(Cc3c(O)c(C(=O)NNC(=O)CNC(=O)CN4CCN(CC(=O)O)CCN(CC(=O)O)CCN(CC(=O)O)CC4)cc4ccccc34)c2O)CCN(CC(=O)O)CC1. The average molecular weight is 1300 g/mol. The first-order chi connectivity index (χ1) is 44.3. The minimum Gasteiger partial charge on any atom is -0.507 e. The summed E-state index contributed by atoms with van der Waals surface area (Å²) in [5.41, 5.74) is 8.44. The van der Waals surface area contributed by atoms with Crippen molar-refractivity contribution in [1.29, 1.82) is 0 Å². The highest BCUT2D eigenvalue weighted by molar-refractivity contribution is 6.06. The van der Waals surface area contributed by atoms with E-state index in [1.807, 2.05) is 0 Å². The highest BCUT2D eigenvalue weighted by atomic mass is 16.4. The van der Waals surface area contributed by atoms with E-state index in [1.165, 1.54) is 12.1 Å². The van der Waals surface area contributed by atoms with Gasteiger partial charge in [-0.05, 0) is 33.7 Å². The molecule has 2 aliphatic rings. The third-order valence-electron chi connectivity index (χ3n) is 15.4. The van der Waals surface area contributed by atoms with Gasteiger partial charge in [0, 0.05) is 122 Å². The van der Waals surface area contributed by atoms with Crippen LogP contribution in [0.15, 0.2) is 60.7 Å². The van der Waals surface area contributed by atoms with Crippen LogP contribution in [0.2, 0.25) is 0 Å². The highest BCUT2D eigenvalue weighted by Crippen LogP contribution is 2.39. The smallest absolute Gasteiger partial charge is 0.317 e. The van der Waals surface area contributed by atoms with Gasteiger partial charge in [-0.2, -0.15) is 0 Å². The van der Waals surface area contributed by atoms with Gasteiger partial charge in [-0.25, -0.2) is 0 Å². The van der Waals surface area contributed by atoms with Crippen LogP contribution in [0, 0.1) is 0 Å². The van der Waals surface area contributed by atoms with Crippen LogP contribution in [-0.4, -0.2) is 321 Å². The van der Waals surface area contributed by atoms with Gasteiger partial charge in [0.05, 0.1) is 76.6 Å². The molecule has 504 valence electrons. The third-order valence-corrected chi connectivity index (χ3v) is 15.4. The van der Waals surface area contributed by atoms with Crippen molar-refractivity contribution in [3.63, 3.8) is 0 Å². The standard InChI is InChI=1S/C59H78N14O20/c74-46(28-60-48(76)30-66-9-13-68(32-50(78)79)17-21-72(36-54(86)87)22-18-69(14-10-66)33-51(80)81)62-64-58(92)44-25-38-5-1-3-7-40(38)42(56(44)90)27-43-41-8-4-2-6-39(41)26-45(57(43)91)59(93)65-63-47(75)29-61-49(77)31-67-11-15-70(34-52(82)83)19-23-73(37-55(88)89)24-20-71(16-12-67)35-53(84)85/h1-8,25-26,90-91H,9-24,27-37H2,(H,60,76)(H,61,77)(H,62,74)(H,63,75)(H,64,92)(H,65,93)(H,78,79)(H,80,81)(H,82,83)(H,84,85)(H,86,87)(H,88,89). The summed E-state index contributed by atoms with van der Waals surface area (Å²) in [6, 6.07) is 16.0. The summed E-state index contributed by atoms with van der Waals surface area (Å²) in [4.78, 5) is 163. The first kappa shape index (κ1) is 72.4. The fourth-order valence-corrected chi connectivity index (χ4v) is 10.6. The molecule has 34 heteroatoms. The lowest BCUT2D eigenvalue weighted by atomic mass is 9.90. The van der Waals surface area contributed by atoms with Crippen LogP contribution < -0.4 is 32.3 Å². The van der Waals surface area contributed by atoms with E-state index < -0.39 is 95.8 Å². The number of fused-ring (bicyclic) bond motifs is 2. The fourth-order valence-electron chi connectivity index (χ4n) is 10.6. The number of nitrogens with zero attached hydrogens (tertiary/aromatic N) is 8. The molecule has 0 atom stereocenters. The summed E-state index contributed by atoms with van der Waals surface area (Å²) in [5.74, 6) is -12.9. The molecule has 4 aromatic carbocycles. The fraction of sp³-hybridized carbons (Fsp3) is 0.458. The number of hydrogen-bond acceptors (Lipinski definition) is 22. The van der Waals surface area contributed by atoms with Crippen LogP contribution in [0.1, 0.15) is 31.8 Å². The molecule has 0 aliphatic carbocycles. The maximum Gasteiger partial charge on any atom is 0.317 e. The number of hydrazine groups is 2. The largest absolute Gasteiger partial charge is 0.507 e. The maximum absolute atomic E-state index is 13.8. The van der Waals surface area contributed by atoms with Crippen LogP contribution in [-0.2, 0) is 54.4 Å². The van der Waals surface area contributed by atoms with Gasteiger partial charge in [0.15, 0.2) is 0 Å². The van der Waals surface area contributed by atoms with Gasteiger partial charge >= 0.3 is 35.8 Å². The zero-order valence-corrected chi connectivity index (χ0v) is 50.9. The number of phenols is 2. The maximum atomic E-state index is 13.8. The zero-order chi connectivity index (χ0) is 67.7. The monoisotopic (exact) mass is 1300 g/mol. The van der Waals surface area contributed by atoms with Gasteiger partial charge in [-0.1, -0.05) is 48.5 Å². The molecule has 0 saturated carbocycles. The predicted octanol–water partition coefficient (Wildman–Crippen LogP) is -4.30. The second-order valence-corrected chi connectivity index (χ2v) is 22.3. The molecule has 2 aliphatic heterocycles. The molecule has 0 unspecified atom stereocenters. The molecule has 0 bridgehead atoms. The highest BCUT2D eigenvalue weighted by Gasteiger charge is 2.27. The molecule has 2 heterocycles. The summed E-state index contributed by atoms with van der Waals surface area (Å²) in [6.07, 6.45) is -0.299. The van der Waals surface area contributed by atoms with Crippen molar-refractivity contribution in [2.45, 2.75) is 6.42 Å². The topological polar surface area (TPSA) is 465 Å². The molecule has 4 aromatic rings. The number of benzene rings is 4. The van der Waals surface area contributed by atoms with E-state index in [1.54, 1.807) is 87.7 Å². The summed E-state index contributed by atoms with van der Waals surface area (Å²) in [7, 11) is 0. The molecule has 6 rings (SSSR count).